The summed E-state index contributed by atoms with van der Waals surface area (Å²) in [6, 6.07) is 25.5. The van der Waals surface area contributed by atoms with Crippen LogP contribution < -0.4 is 0 Å². The molecule has 0 saturated heterocycles. The third-order valence-corrected chi connectivity index (χ3v) is 8.04. The summed E-state index contributed by atoms with van der Waals surface area (Å²) >= 11 is 0. The van der Waals surface area contributed by atoms with E-state index in [9.17, 15) is 13.7 Å². The number of hydrogen-bond donors (Lipinski definition) is 0. The van der Waals surface area contributed by atoms with Gasteiger partial charge in [-0.25, -0.2) is 13.4 Å². The van der Waals surface area contributed by atoms with Crippen LogP contribution in [0.1, 0.15) is 36.4 Å². The van der Waals surface area contributed by atoms with Crippen molar-refractivity contribution in [2.24, 2.45) is 7.05 Å². The Morgan fingerprint density at radius 3 is 2.38 bits per heavy atom. The first kappa shape index (κ1) is 26.1. The average molecular weight is 533 g/mol. The summed E-state index contributed by atoms with van der Waals surface area (Å²) in [5, 5.41) is 10.8. The molecule has 3 aromatic carbocycles. The van der Waals surface area contributed by atoms with Crippen LogP contribution in [0.25, 0.3) is 33.7 Å². The van der Waals surface area contributed by atoms with Crippen molar-refractivity contribution >= 4 is 32.4 Å². The molecule has 0 aliphatic rings. The summed E-state index contributed by atoms with van der Waals surface area (Å²) in [6.07, 6.45) is 8.61. The first-order valence-corrected chi connectivity index (χ1v) is 14.4. The Bertz CT molecular complexity index is 1880. The largest absolute Gasteiger partial charge is 0.335 e. The van der Waals surface area contributed by atoms with Crippen LogP contribution >= 0.6 is 0 Å². The van der Waals surface area contributed by atoms with Gasteiger partial charge in [-0.3, -0.25) is 4.98 Å². The molecule has 2 aromatic heterocycles. The summed E-state index contributed by atoms with van der Waals surface area (Å²) in [5.41, 5.74) is 5.73. The molecular weight excluding hydrogens is 504 g/mol. The van der Waals surface area contributed by atoms with E-state index in [1.807, 2.05) is 86.3 Å². The molecule has 0 aliphatic carbocycles. The van der Waals surface area contributed by atoms with Crippen molar-refractivity contribution in [3.63, 3.8) is 0 Å². The van der Waals surface area contributed by atoms with E-state index in [1.54, 1.807) is 24.5 Å². The molecule has 0 saturated carbocycles. The smallest absolute Gasteiger partial charge is 0.175 e. The van der Waals surface area contributed by atoms with Crippen LogP contribution in [0, 0.1) is 11.3 Å². The fourth-order valence-electron chi connectivity index (χ4n) is 4.55. The molecule has 39 heavy (non-hydrogen) atoms. The number of nitrogens with zero attached hydrogens (tertiary/aromatic N) is 4. The number of nitriles is 1. The lowest BCUT2D eigenvalue weighted by molar-refractivity contribution is 0.602. The van der Waals surface area contributed by atoms with Crippen LogP contribution in [0.15, 0.2) is 96.3 Å². The molecule has 6 nitrogen and oxygen atoms in total. The Morgan fingerprint density at radius 1 is 0.949 bits per heavy atom. The number of aryl methyl sites for hydroxylation is 1. The minimum absolute atomic E-state index is 0.269. The van der Waals surface area contributed by atoms with Crippen molar-refractivity contribution in [1.82, 2.24) is 14.5 Å². The lowest BCUT2D eigenvalue weighted by Crippen LogP contribution is -2.14. The number of rotatable bonds is 6. The second-order valence-electron chi connectivity index (χ2n) is 10.2. The Kier molecular flexibility index (Phi) is 6.67. The number of pyridine rings is 1. The summed E-state index contributed by atoms with van der Waals surface area (Å²) in [4.78, 5) is 9.43. The number of benzene rings is 3. The number of hydrogen-bond acceptors (Lipinski definition) is 5. The highest BCUT2D eigenvalue weighted by Gasteiger charge is 2.22. The maximum atomic E-state index is 12.1. The zero-order valence-corrected chi connectivity index (χ0v) is 23.1. The molecule has 194 valence electrons. The Balaban J connectivity index is 1.71. The van der Waals surface area contributed by atoms with Gasteiger partial charge < -0.3 is 4.57 Å². The average Bonchev–Trinajstić information content (AvgIpc) is 3.34. The zero-order valence-electron chi connectivity index (χ0n) is 22.3. The van der Waals surface area contributed by atoms with Crippen LogP contribution in [0.3, 0.4) is 0 Å². The predicted molar refractivity (Wildman–Crippen MR) is 156 cm³/mol. The highest BCUT2D eigenvalue weighted by Crippen LogP contribution is 2.36. The van der Waals surface area contributed by atoms with Crippen molar-refractivity contribution < 1.29 is 8.42 Å². The molecule has 0 radical (unpaired) electrons. The molecule has 0 atom stereocenters. The number of imidazole rings is 1. The van der Waals surface area contributed by atoms with Gasteiger partial charge >= 0.3 is 0 Å². The molecule has 0 spiro atoms. The molecule has 0 N–H and O–H groups in total. The normalized spacial score (nSPS) is 12.4. The highest BCUT2D eigenvalue weighted by molar-refractivity contribution is 7.90. The Morgan fingerprint density at radius 2 is 1.72 bits per heavy atom. The maximum absolute atomic E-state index is 12.1. The van der Waals surface area contributed by atoms with Crippen LogP contribution in [0.5, 0.6) is 0 Å². The zero-order chi connectivity index (χ0) is 27.8. The lowest BCUT2D eigenvalue weighted by atomic mass is 9.83. The van der Waals surface area contributed by atoms with Gasteiger partial charge in [0.05, 0.1) is 21.9 Å². The summed E-state index contributed by atoms with van der Waals surface area (Å²) in [7, 11) is -1.38. The van der Waals surface area contributed by atoms with E-state index in [0.717, 1.165) is 50.1 Å². The topological polar surface area (TPSA) is 88.6 Å². The van der Waals surface area contributed by atoms with Crippen molar-refractivity contribution in [1.29, 1.82) is 5.26 Å². The summed E-state index contributed by atoms with van der Waals surface area (Å²) < 4.78 is 26.0. The molecule has 5 aromatic rings. The first-order valence-electron chi connectivity index (χ1n) is 12.5. The van der Waals surface area contributed by atoms with E-state index < -0.39 is 15.3 Å². The summed E-state index contributed by atoms with van der Waals surface area (Å²) in [5.74, 6) is 0.771. The third-order valence-electron chi connectivity index (χ3n) is 6.92. The van der Waals surface area contributed by atoms with Crippen LogP contribution in [0.2, 0.25) is 0 Å². The van der Waals surface area contributed by atoms with Crippen LogP contribution in [0.4, 0.5) is 0 Å². The fraction of sp³-hybridized carbons (Fsp3) is 0.156. The molecule has 2 heterocycles. The lowest BCUT2D eigenvalue weighted by Gasteiger charge is -2.19. The monoisotopic (exact) mass is 532 g/mol. The Hall–Kier alpha value is -4.54. The highest BCUT2D eigenvalue weighted by atomic mass is 32.2. The van der Waals surface area contributed by atoms with Crippen LogP contribution in [-0.4, -0.2) is 29.2 Å². The van der Waals surface area contributed by atoms with Gasteiger partial charge in [0.15, 0.2) is 9.84 Å². The second-order valence-corrected chi connectivity index (χ2v) is 12.2. The number of aromatic nitrogens is 3. The standard InChI is InChI=1S/C32H28N4O2S/c1-32(2,21-33)26-18-25-9-6-14-35-31(25)29(19-26)24-8-5-7-23(17-24)28(20-30-34-15-16-36(30)3)22-10-12-27(13-11-22)39(4,37)38/h5-20H,1-4H3/b28-20+. The molecule has 5 rings (SSSR count). The molecule has 0 unspecified atom stereocenters. The van der Waals surface area contributed by atoms with E-state index in [1.165, 1.54) is 6.26 Å². The van der Waals surface area contributed by atoms with Gasteiger partial charge in [-0.1, -0.05) is 36.4 Å². The van der Waals surface area contributed by atoms with E-state index in [0.29, 0.717) is 0 Å². The molecule has 7 heteroatoms. The van der Waals surface area contributed by atoms with Gasteiger partial charge in [-0.15, -0.1) is 0 Å². The van der Waals surface area contributed by atoms with Gasteiger partial charge in [-0.05, 0) is 84.1 Å². The summed E-state index contributed by atoms with van der Waals surface area (Å²) in [6.45, 7) is 3.83. The van der Waals surface area contributed by atoms with Gasteiger partial charge in [0.25, 0.3) is 0 Å². The third kappa shape index (κ3) is 5.25. The maximum Gasteiger partial charge on any atom is 0.175 e. The number of sulfone groups is 1. The van der Waals surface area contributed by atoms with Crippen molar-refractivity contribution in [3.05, 3.63) is 114 Å². The molecule has 0 aliphatic heterocycles. The molecular formula is C32H28N4O2S. The van der Waals surface area contributed by atoms with Crippen molar-refractivity contribution in [3.8, 4) is 17.2 Å². The van der Waals surface area contributed by atoms with E-state index in [4.69, 9.17) is 0 Å². The minimum atomic E-state index is -3.31. The van der Waals surface area contributed by atoms with E-state index in [-0.39, 0.29) is 4.90 Å². The van der Waals surface area contributed by atoms with E-state index >= 15 is 0 Å². The number of fused-ring (bicyclic) bond motifs is 1. The molecule has 0 bridgehead atoms. The SMILES string of the molecule is Cn1ccnc1/C=C(\c1ccc(S(C)(=O)=O)cc1)c1cccc(-c2cc(C(C)(C)C#N)cc3cccnc23)c1. The van der Waals surface area contributed by atoms with Gasteiger partial charge in [-0.2, -0.15) is 5.26 Å². The Labute approximate surface area is 228 Å². The minimum Gasteiger partial charge on any atom is -0.335 e. The van der Waals surface area contributed by atoms with Gasteiger partial charge in [0, 0.05) is 42.8 Å². The van der Waals surface area contributed by atoms with Gasteiger partial charge in [0.2, 0.25) is 0 Å². The van der Waals surface area contributed by atoms with Crippen LogP contribution in [-0.2, 0) is 22.3 Å². The van der Waals surface area contributed by atoms with Crippen molar-refractivity contribution in [2.45, 2.75) is 24.2 Å². The van der Waals surface area contributed by atoms with E-state index in [2.05, 4.69) is 28.2 Å². The van der Waals surface area contributed by atoms with Gasteiger partial charge in [0.1, 0.15) is 5.82 Å². The molecule has 0 fully saturated rings. The molecule has 0 amide bonds. The predicted octanol–water partition coefficient (Wildman–Crippen LogP) is 6.43. The second kappa shape index (κ2) is 9.97. The fourth-order valence-corrected chi connectivity index (χ4v) is 5.18. The quantitative estimate of drug-likeness (QED) is 0.251. The van der Waals surface area contributed by atoms with Crippen molar-refractivity contribution in [2.75, 3.05) is 6.26 Å². The first-order chi connectivity index (χ1) is 18.6.